The van der Waals surface area contributed by atoms with Crippen LogP contribution >= 0.6 is 11.6 Å². The first-order valence-electron chi connectivity index (χ1n) is 3.73. The number of carbonyl (C=O) groups is 1. The molecule has 2 nitrogen and oxygen atoms in total. The summed E-state index contributed by atoms with van der Waals surface area (Å²) in [5.41, 5.74) is 0.618. The maximum atomic E-state index is 12.5. The van der Waals surface area contributed by atoms with E-state index >= 15 is 0 Å². The number of rotatable bonds is 3. The molecule has 0 aliphatic rings. The number of hydrogen-bond acceptors (Lipinski definition) is 2. The van der Waals surface area contributed by atoms with Gasteiger partial charge in [-0.3, -0.25) is 0 Å². The van der Waals surface area contributed by atoms with Crippen molar-refractivity contribution >= 4 is 17.6 Å². The molecule has 0 amide bonds. The van der Waals surface area contributed by atoms with Crippen LogP contribution in [0.3, 0.4) is 0 Å². The second kappa shape index (κ2) is 4.23. The summed E-state index contributed by atoms with van der Waals surface area (Å²) < 4.78 is 12.5. The molecule has 1 rings (SSSR count). The van der Waals surface area contributed by atoms with Gasteiger partial charge < -0.3 is 9.90 Å². The van der Waals surface area contributed by atoms with Crippen molar-refractivity contribution < 1.29 is 14.3 Å². The molecule has 4 heteroatoms. The van der Waals surface area contributed by atoms with Gasteiger partial charge >= 0.3 is 0 Å². The molecule has 0 radical (unpaired) electrons. The van der Waals surface area contributed by atoms with Crippen LogP contribution in [0.2, 0.25) is 5.02 Å². The highest BCUT2D eigenvalue weighted by Gasteiger charge is 2.01. The van der Waals surface area contributed by atoms with Crippen LogP contribution in [0.4, 0.5) is 4.39 Å². The summed E-state index contributed by atoms with van der Waals surface area (Å²) >= 11 is 5.66. The van der Waals surface area contributed by atoms with Gasteiger partial charge in [-0.25, -0.2) is 4.39 Å². The van der Waals surface area contributed by atoms with Crippen LogP contribution in [0.15, 0.2) is 18.2 Å². The Morgan fingerprint density at radius 3 is 2.77 bits per heavy atom. The molecule has 0 fully saturated rings. The predicted octanol–water partition coefficient (Wildman–Crippen LogP) is 1.16. The Labute approximate surface area is 80.0 Å². The minimum absolute atomic E-state index is 0.106. The second-order valence-corrected chi connectivity index (χ2v) is 3.01. The Bertz CT molecular complexity index is 325. The first kappa shape index (κ1) is 9.99. The molecule has 0 spiro atoms. The number of benzene rings is 1. The highest BCUT2D eigenvalue weighted by atomic mass is 35.5. The maximum absolute atomic E-state index is 12.5. The van der Waals surface area contributed by atoms with E-state index < -0.39 is 11.8 Å². The molecule has 13 heavy (non-hydrogen) atoms. The van der Waals surface area contributed by atoms with E-state index in [1.54, 1.807) is 0 Å². The minimum atomic E-state index is -1.14. The number of carboxylic acids is 1. The van der Waals surface area contributed by atoms with Crippen molar-refractivity contribution in [2.75, 3.05) is 0 Å². The van der Waals surface area contributed by atoms with Crippen molar-refractivity contribution in [1.82, 2.24) is 0 Å². The lowest BCUT2D eigenvalue weighted by Crippen LogP contribution is -2.22. The summed E-state index contributed by atoms with van der Waals surface area (Å²) in [4.78, 5) is 10.1. The van der Waals surface area contributed by atoms with Crippen LogP contribution in [-0.2, 0) is 11.2 Å². The van der Waals surface area contributed by atoms with Gasteiger partial charge in [0.05, 0.1) is 0 Å². The molecule has 0 aliphatic carbocycles. The average molecular weight is 202 g/mol. The monoisotopic (exact) mass is 201 g/mol. The summed E-state index contributed by atoms with van der Waals surface area (Å²) in [5, 5.41) is 10.4. The molecule has 1 aromatic rings. The Hall–Kier alpha value is -1.09. The van der Waals surface area contributed by atoms with E-state index in [1.165, 1.54) is 12.1 Å². The topological polar surface area (TPSA) is 40.1 Å². The second-order valence-electron chi connectivity index (χ2n) is 2.61. The van der Waals surface area contributed by atoms with Crippen LogP contribution in [0.5, 0.6) is 0 Å². The van der Waals surface area contributed by atoms with Crippen molar-refractivity contribution in [3.8, 4) is 0 Å². The molecule has 0 saturated heterocycles. The molecule has 0 aliphatic heterocycles. The quantitative estimate of drug-likeness (QED) is 0.737. The molecule has 0 heterocycles. The van der Waals surface area contributed by atoms with Gasteiger partial charge in [0, 0.05) is 11.0 Å². The predicted molar refractivity (Wildman–Crippen MR) is 44.7 cm³/mol. The number of aryl methyl sites for hydroxylation is 1. The van der Waals surface area contributed by atoms with E-state index in [-0.39, 0.29) is 17.9 Å². The highest BCUT2D eigenvalue weighted by Crippen LogP contribution is 2.18. The Kier molecular flexibility index (Phi) is 3.25. The van der Waals surface area contributed by atoms with Crippen molar-refractivity contribution in [1.29, 1.82) is 0 Å². The van der Waals surface area contributed by atoms with Crippen LogP contribution in [0.25, 0.3) is 0 Å². The molecule has 0 unspecified atom stereocenters. The third-order valence-electron chi connectivity index (χ3n) is 1.61. The van der Waals surface area contributed by atoms with Gasteiger partial charge in [-0.1, -0.05) is 17.7 Å². The van der Waals surface area contributed by atoms with E-state index in [9.17, 15) is 14.3 Å². The molecule has 0 atom stereocenters. The molecular formula is C9H7ClFO2-. The SMILES string of the molecule is O=C([O-])CCc1ccc(F)cc1Cl. The van der Waals surface area contributed by atoms with Gasteiger partial charge in [0.2, 0.25) is 0 Å². The molecule has 70 valence electrons. The number of carboxylic acid groups (broad SMARTS) is 1. The lowest BCUT2D eigenvalue weighted by molar-refractivity contribution is -0.305. The van der Waals surface area contributed by atoms with Gasteiger partial charge in [-0.05, 0) is 30.5 Å². The fraction of sp³-hybridized carbons (Fsp3) is 0.222. The third-order valence-corrected chi connectivity index (χ3v) is 1.97. The van der Waals surface area contributed by atoms with Gasteiger partial charge in [-0.2, -0.15) is 0 Å². The smallest absolute Gasteiger partial charge is 0.124 e. The van der Waals surface area contributed by atoms with E-state index in [1.807, 2.05) is 0 Å². The third kappa shape index (κ3) is 3.03. The summed E-state index contributed by atoms with van der Waals surface area (Å²) in [7, 11) is 0. The first-order valence-corrected chi connectivity index (χ1v) is 4.11. The zero-order valence-electron chi connectivity index (χ0n) is 6.72. The van der Waals surface area contributed by atoms with Crippen molar-refractivity contribution in [2.24, 2.45) is 0 Å². The van der Waals surface area contributed by atoms with Gasteiger partial charge in [0.25, 0.3) is 0 Å². The zero-order chi connectivity index (χ0) is 9.84. The van der Waals surface area contributed by atoms with Gasteiger partial charge in [0.1, 0.15) is 5.82 Å². The van der Waals surface area contributed by atoms with Crippen molar-refractivity contribution in [3.63, 3.8) is 0 Å². The summed E-state index contributed by atoms with van der Waals surface area (Å²) in [6.07, 6.45) is 0.160. The molecule has 0 bridgehead atoms. The largest absolute Gasteiger partial charge is 0.550 e. The van der Waals surface area contributed by atoms with Crippen LogP contribution in [0.1, 0.15) is 12.0 Å². The fourth-order valence-corrected chi connectivity index (χ4v) is 1.22. The van der Waals surface area contributed by atoms with Crippen LogP contribution in [-0.4, -0.2) is 5.97 Å². The van der Waals surface area contributed by atoms with Gasteiger partial charge in [-0.15, -0.1) is 0 Å². The summed E-state index contributed by atoms with van der Waals surface area (Å²) in [6, 6.07) is 3.88. The van der Waals surface area contributed by atoms with E-state index in [2.05, 4.69) is 0 Å². The number of hydrogen-bond donors (Lipinski definition) is 0. The average Bonchev–Trinajstić information content (AvgIpc) is 2.02. The number of aliphatic carboxylic acids is 1. The first-order chi connectivity index (χ1) is 6.09. The number of halogens is 2. The zero-order valence-corrected chi connectivity index (χ0v) is 7.47. The highest BCUT2D eigenvalue weighted by molar-refractivity contribution is 6.31. The van der Waals surface area contributed by atoms with Gasteiger partial charge in [0.15, 0.2) is 0 Å². The lowest BCUT2D eigenvalue weighted by atomic mass is 10.1. The van der Waals surface area contributed by atoms with E-state index in [4.69, 9.17) is 11.6 Å². The lowest BCUT2D eigenvalue weighted by Gasteiger charge is -2.04. The van der Waals surface area contributed by atoms with E-state index in [0.717, 1.165) is 6.07 Å². The Morgan fingerprint density at radius 1 is 1.54 bits per heavy atom. The van der Waals surface area contributed by atoms with Crippen LogP contribution < -0.4 is 5.11 Å². The molecule has 0 saturated carbocycles. The Balaban J connectivity index is 2.72. The molecule has 1 aromatic carbocycles. The summed E-state index contributed by atoms with van der Waals surface area (Å²) in [6.45, 7) is 0. The van der Waals surface area contributed by atoms with Crippen molar-refractivity contribution in [3.05, 3.63) is 34.6 Å². The summed E-state index contributed by atoms with van der Waals surface area (Å²) in [5.74, 6) is -1.57. The molecule has 0 N–H and O–H groups in total. The van der Waals surface area contributed by atoms with Crippen molar-refractivity contribution in [2.45, 2.75) is 12.8 Å². The number of carbonyl (C=O) groups excluding carboxylic acids is 1. The van der Waals surface area contributed by atoms with Crippen LogP contribution in [0, 0.1) is 5.82 Å². The fourth-order valence-electron chi connectivity index (χ4n) is 0.961. The minimum Gasteiger partial charge on any atom is -0.550 e. The molecular weight excluding hydrogens is 195 g/mol. The Morgan fingerprint density at radius 2 is 2.23 bits per heavy atom. The molecule has 0 aromatic heterocycles. The standard InChI is InChI=1S/C9H8ClFO2/c10-8-5-7(11)3-1-6(8)2-4-9(12)13/h1,3,5H,2,4H2,(H,12,13)/p-1. The maximum Gasteiger partial charge on any atom is 0.124 e. The normalized spacial score (nSPS) is 10.0. The van der Waals surface area contributed by atoms with E-state index in [0.29, 0.717) is 5.56 Å².